The van der Waals surface area contributed by atoms with Crippen LogP contribution in [-0.2, 0) is 12.8 Å². The van der Waals surface area contributed by atoms with E-state index in [2.05, 4.69) is 34.6 Å². The Bertz CT molecular complexity index is 481. The molecule has 2 rings (SSSR count). The van der Waals surface area contributed by atoms with Gasteiger partial charge in [-0.3, -0.25) is 4.99 Å². The molecule has 92 valence electrons. The minimum absolute atomic E-state index is 1.07. The molecule has 0 fully saturated rings. The van der Waals surface area contributed by atoms with Crippen LogP contribution < -0.4 is 0 Å². The van der Waals surface area contributed by atoms with Gasteiger partial charge in [0.05, 0.1) is 5.69 Å². The number of rotatable bonds is 3. The Hall–Kier alpha value is -1.11. The molecule has 0 radical (unpaired) electrons. The van der Waals surface area contributed by atoms with E-state index in [0.717, 1.165) is 6.42 Å². The van der Waals surface area contributed by atoms with Gasteiger partial charge in [-0.05, 0) is 68.4 Å². The number of benzene rings is 1. The fourth-order valence-electron chi connectivity index (χ4n) is 2.80. The lowest BCUT2D eigenvalue weighted by Gasteiger charge is -2.17. The summed E-state index contributed by atoms with van der Waals surface area (Å²) >= 11 is 0. The third kappa shape index (κ3) is 2.03. The van der Waals surface area contributed by atoms with Gasteiger partial charge in [0.2, 0.25) is 0 Å². The lowest BCUT2D eigenvalue weighted by molar-refractivity contribution is 0.785. The molecule has 0 saturated heterocycles. The highest BCUT2D eigenvalue weighted by Crippen LogP contribution is 2.38. The van der Waals surface area contributed by atoms with Gasteiger partial charge >= 0.3 is 0 Å². The maximum atomic E-state index is 4.74. The standard InChI is InChI=1S/C16H23N/c1-6-7-8-14-12(4)11(3)13(5)16-15(14)9-10(2)17-16/h6-9H2,1-5H3. The second kappa shape index (κ2) is 4.64. The molecule has 0 amide bonds. The summed E-state index contributed by atoms with van der Waals surface area (Å²) < 4.78 is 0. The molecule has 1 aliphatic rings. The van der Waals surface area contributed by atoms with Crippen LogP contribution in [-0.4, -0.2) is 5.71 Å². The maximum absolute atomic E-state index is 4.74. The molecule has 0 aliphatic carbocycles. The topological polar surface area (TPSA) is 12.4 Å². The largest absolute Gasteiger partial charge is 0.257 e. The first kappa shape index (κ1) is 12.3. The Balaban J connectivity index is 2.55. The van der Waals surface area contributed by atoms with Crippen LogP contribution in [0.15, 0.2) is 4.99 Å². The van der Waals surface area contributed by atoms with E-state index in [1.165, 1.54) is 52.9 Å². The highest BCUT2D eigenvalue weighted by molar-refractivity contribution is 5.93. The van der Waals surface area contributed by atoms with Gasteiger partial charge in [0, 0.05) is 12.1 Å². The lowest BCUT2D eigenvalue weighted by Crippen LogP contribution is -2.02. The summed E-state index contributed by atoms with van der Waals surface area (Å²) in [6.45, 7) is 11.1. The quantitative estimate of drug-likeness (QED) is 0.718. The van der Waals surface area contributed by atoms with Crippen molar-refractivity contribution in [3.63, 3.8) is 0 Å². The van der Waals surface area contributed by atoms with Gasteiger partial charge in [0.15, 0.2) is 0 Å². The van der Waals surface area contributed by atoms with E-state index >= 15 is 0 Å². The molecular formula is C16H23N. The molecule has 0 aromatic heterocycles. The van der Waals surface area contributed by atoms with Crippen LogP contribution in [0.1, 0.15) is 54.5 Å². The maximum Gasteiger partial charge on any atom is 0.0699 e. The van der Waals surface area contributed by atoms with E-state index in [1.54, 1.807) is 5.56 Å². The van der Waals surface area contributed by atoms with Gasteiger partial charge in [0.25, 0.3) is 0 Å². The SMILES string of the molecule is CCCCc1c(C)c(C)c(C)c2c1CC(C)=N2. The summed E-state index contributed by atoms with van der Waals surface area (Å²) in [6.07, 6.45) is 4.83. The molecule has 0 unspecified atom stereocenters. The van der Waals surface area contributed by atoms with Crippen molar-refractivity contribution in [1.82, 2.24) is 0 Å². The van der Waals surface area contributed by atoms with Crippen LogP contribution in [0.25, 0.3) is 0 Å². The second-order valence-corrected chi connectivity index (χ2v) is 5.31. The molecule has 1 aromatic carbocycles. The van der Waals surface area contributed by atoms with Crippen molar-refractivity contribution in [3.8, 4) is 0 Å². The summed E-state index contributed by atoms with van der Waals surface area (Å²) in [5, 5.41) is 0. The Morgan fingerprint density at radius 2 is 1.71 bits per heavy atom. The number of hydrogen-bond donors (Lipinski definition) is 0. The van der Waals surface area contributed by atoms with Crippen molar-refractivity contribution in [2.45, 2.75) is 60.3 Å². The molecule has 17 heavy (non-hydrogen) atoms. The zero-order valence-corrected chi connectivity index (χ0v) is 11.8. The molecule has 0 atom stereocenters. The minimum atomic E-state index is 1.07. The summed E-state index contributed by atoms with van der Waals surface area (Å²) in [6, 6.07) is 0. The van der Waals surface area contributed by atoms with Crippen LogP contribution in [0.5, 0.6) is 0 Å². The minimum Gasteiger partial charge on any atom is -0.257 e. The van der Waals surface area contributed by atoms with Gasteiger partial charge in [-0.2, -0.15) is 0 Å². The smallest absolute Gasteiger partial charge is 0.0699 e. The fourth-order valence-corrected chi connectivity index (χ4v) is 2.80. The number of aliphatic imine (C=N–C) groups is 1. The highest BCUT2D eigenvalue weighted by Gasteiger charge is 2.21. The summed E-state index contributed by atoms with van der Waals surface area (Å²) in [5.41, 5.74) is 9.95. The lowest BCUT2D eigenvalue weighted by atomic mass is 9.88. The molecule has 0 N–H and O–H groups in total. The molecule has 1 aromatic rings. The summed E-state index contributed by atoms with van der Waals surface area (Å²) in [5.74, 6) is 0. The second-order valence-electron chi connectivity index (χ2n) is 5.31. The van der Waals surface area contributed by atoms with Crippen molar-refractivity contribution < 1.29 is 0 Å². The van der Waals surface area contributed by atoms with E-state index in [1.807, 2.05) is 0 Å². The first-order chi connectivity index (χ1) is 8.06. The van der Waals surface area contributed by atoms with Crippen molar-refractivity contribution in [2.75, 3.05) is 0 Å². The number of nitrogens with zero attached hydrogens (tertiary/aromatic N) is 1. The van der Waals surface area contributed by atoms with Crippen LogP contribution in [0.4, 0.5) is 5.69 Å². The Morgan fingerprint density at radius 1 is 1.00 bits per heavy atom. The predicted molar refractivity (Wildman–Crippen MR) is 75.7 cm³/mol. The van der Waals surface area contributed by atoms with Gasteiger partial charge < -0.3 is 0 Å². The highest BCUT2D eigenvalue weighted by atomic mass is 14.8. The normalized spacial score (nSPS) is 13.8. The number of fused-ring (bicyclic) bond motifs is 1. The Morgan fingerprint density at radius 3 is 2.35 bits per heavy atom. The van der Waals surface area contributed by atoms with Gasteiger partial charge in [-0.25, -0.2) is 0 Å². The van der Waals surface area contributed by atoms with Crippen molar-refractivity contribution in [3.05, 3.63) is 27.8 Å². The summed E-state index contributed by atoms with van der Waals surface area (Å²) in [7, 11) is 0. The Kier molecular flexibility index (Phi) is 3.37. The van der Waals surface area contributed by atoms with Crippen LogP contribution >= 0.6 is 0 Å². The molecule has 1 nitrogen and oxygen atoms in total. The van der Waals surface area contributed by atoms with E-state index in [4.69, 9.17) is 4.99 Å². The van der Waals surface area contributed by atoms with E-state index in [0.29, 0.717) is 0 Å². The first-order valence-electron chi connectivity index (χ1n) is 6.71. The van der Waals surface area contributed by atoms with Gasteiger partial charge in [-0.1, -0.05) is 13.3 Å². The number of hydrogen-bond acceptors (Lipinski definition) is 1. The third-order valence-electron chi connectivity index (χ3n) is 4.10. The van der Waals surface area contributed by atoms with Crippen LogP contribution in [0, 0.1) is 20.8 Å². The Labute approximate surface area is 105 Å². The van der Waals surface area contributed by atoms with Crippen LogP contribution in [0.2, 0.25) is 0 Å². The molecule has 0 spiro atoms. The molecular weight excluding hydrogens is 206 g/mol. The molecule has 0 saturated carbocycles. The number of unbranched alkanes of at least 4 members (excludes halogenated alkanes) is 1. The van der Waals surface area contributed by atoms with Crippen molar-refractivity contribution in [2.24, 2.45) is 4.99 Å². The van der Waals surface area contributed by atoms with E-state index in [9.17, 15) is 0 Å². The zero-order chi connectivity index (χ0) is 12.6. The molecule has 0 bridgehead atoms. The van der Waals surface area contributed by atoms with Gasteiger partial charge in [-0.15, -0.1) is 0 Å². The zero-order valence-electron chi connectivity index (χ0n) is 11.8. The van der Waals surface area contributed by atoms with Gasteiger partial charge in [0.1, 0.15) is 0 Å². The predicted octanol–water partition coefficient (Wildman–Crippen LogP) is 4.60. The van der Waals surface area contributed by atoms with E-state index in [-0.39, 0.29) is 0 Å². The summed E-state index contributed by atoms with van der Waals surface area (Å²) in [4.78, 5) is 4.74. The third-order valence-corrected chi connectivity index (χ3v) is 4.10. The molecule has 1 aliphatic heterocycles. The molecule has 1 heteroatoms. The van der Waals surface area contributed by atoms with E-state index < -0.39 is 0 Å². The fraction of sp³-hybridized carbons (Fsp3) is 0.562. The average Bonchev–Trinajstić information content (AvgIpc) is 2.68. The monoisotopic (exact) mass is 229 g/mol. The van der Waals surface area contributed by atoms with Crippen LogP contribution in [0.3, 0.4) is 0 Å². The van der Waals surface area contributed by atoms with Crippen molar-refractivity contribution in [1.29, 1.82) is 0 Å². The molecule has 1 heterocycles. The first-order valence-corrected chi connectivity index (χ1v) is 6.71. The average molecular weight is 229 g/mol. The van der Waals surface area contributed by atoms with Crippen molar-refractivity contribution >= 4 is 11.4 Å².